The van der Waals surface area contributed by atoms with Gasteiger partial charge < -0.3 is 5.32 Å². The molecule has 0 bridgehead atoms. The lowest BCUT2D eigenvalue weighted by atomic mass is 10.0. The molecule has 3 aromatic rings. The fraction of sp³-hybridized carbons (Fsp3) is 0.130. The molecule has 0 saturated heterocycles. The number of nitrogens with one attached hydrogen (secondary N) is 2. The van der Waals surface area contributed by atoms with E-state index in [2.05, 4.69) is 20.8 Å². The third kappa shape index (κ3) is 6.39. The summed E-state index contributed by atoms with van der Waals surface area (Å²) in [4.78, 5) is 28.1. The van der Waals surface area contributed by atoms with Crippen LogP contribution in [0.3, 0.4) is 0 Å². The number of nitrogens with zero attached hydrogens (tertiary/aromatic N) is 2. The summed E-state index contributed by atoms with van der Waals surface area (Å²) in [5.74, 6) is 0.00549. The highest BCUT2D eigenvalue weighted by Gasteiger charge is 2.07. The average molecular weight is 386 g/mol. The van der Waals surface area contributed by atoms with Crippen molar-refractivity contribution in [3.05, 3.63) is 84.6 Å². The van der Waals surface area contributed by atoms with E-state index in [0.717, 1.165) is 16.7 Å². The van der Waals surface area contributed by atoms with E-state index in [1.54, 1.807) is 31.3 Å². The number of anilines is 1. The van der Waals surface area contributed by atoms with Crippen LogP contribution in [-0.4, -0.2) is 22.5 Å². The van der Waals surface area contributed by atoms with E-state index in [1.807, 2.05) is 54.6 Å². The summed E-state index contributed by atoms with van der Waals surface area (Å²) >= 11 is 0. The van der Waals surface area contributed by atoms with Gasteiger partial charge in [-0.3, -0.25) is 9.59 Å². The van der Waals surface area contributed by atoms with E-state index >= 15 is 0 Å². The Balaban J connectivity index is 1.48. The number of hydrazone groups is 1. The Morgan fingerprint density at radius 3 is 2.24 bits per heavy atom. The van der Waals surface area contributed by atoms with Gasteiger partial charge in [-0.25, -0.2) is 10.4 Å². The van der Waals surface area contributed by atoms with Crippen molar-refractivity contribution in [2.75, 3.05) is 5.32 Å². The van der Waals surface area contributed by atoms with Gasteiger partial charge in [-0.05, 0) is 35.7 Å². The normalized spacial score (nSPS) is 11.0. The zero-order valence-corrected chi connectivity index (χ0v) is 16.1. The molecule has 2 amide bonds. The minimum absolute atomic E-state index is 0.0721. The summed E-state index contributed by atoms with van der Waals surface area (Å²) in [5.41, 5.74) is 6.13. The molecule has 0 aliphatic carbocycles. The van der Waals surface area contributed by atoms with Crippen molar-refractivity contribution in [2.45, 2.75) is 19.8 Å². The van der Waals surface area contributed by atoms with Gasteiger partial charge >= 0.3 is 0 Å². The van der Waals surface area contributed by atoms with Gasteiger partial charge in [-0.15, -0.1) is 0 Å². The second-order valence-electron chi connectivity index (χ2n) is 6.56. The fourth-order valence-electron chi connectivity index (χ4n) is 2.72. The molecule has 3 rings (SSSR count). The minimum Gasteiger partial charge on any atom is -0.310 e. The summed E-state index contributed by atoms with van der Waals surface area (Å²) in [6.45, 7) is 1.69. The third-order valence-corrected chi connectivity index (χ3v) is 4.15. The highest BCUT2D eigenvalue weighted by Crippen LogP contribution is 2.19. The average Bonchev–Trinajstić information content (AvgIpc) is 2.74. The van der Waals surface area contributed by atoms with Crippen LogP contribution in [0.25, 0.3) is 11.1 Å². The molecule has 0 saturated carbocycles. The van der Waals surface area contributed by atoms with Crippen LogP contribution in [0.1, 0.15) is 18.9 Å². The summed E-state index contributed by atoms with van der Waals surface area (Å²) < 4.78 is 0. The van der Waals surface area contributed by atoms with E-state index < -0.39 is 0 Å². The monoisotopic (exact) mass is 386 g/mol. The Bertz CT molecular complexity index is 984. The standard InChI is InChI=1S/C23H22N4O2/c1-17(15-22(28)25-21-9-5-6-14-24-21)26-27-23(29)16-18-10-12-20(13-11-18)19-7-3-2-4-8-19/h2-14H,15-16H2,1H3,(H,27,29)(H,24,25,28)/b26-17+. The number of hydrogen-bond acceptors (Lipinski definition) is 4. The zero-order chi connectivity index (χ0) is 20.5. The maximum Gasteiger partial charge on any atom is 0.244 e. The highest BCUT2D eigenvalue weighted by molar-refractivity contribution is 6.05. The predicted octanol–water partition coefficient (Wildman–Crippen LogP) is 3.81. The molecule has 6 heteroatoms. The van der Waals surface area contributed by atoms with E-state index in [4.69, 9.17) is 0 Å². The van der Waals surface area contributed by atoms with E-state index in [9.17, 15) is 9.59 Å². The van der Waals surface area contributed by atoms with Gasteiger partial charge in [-0.1, -0.05) is 60.7 Å². The number of carbonyl (C=O) groups is 2. The number of rotatable bonds is 7. The summed E-state index contributed by atoms with van der Waals surface area (Å²) in [7, 11) is 0. The first kappa shape index (κ1) is 19.9. The Morgan fingerprint density at radius 2 is 1.55 bits per heavy atom. The molecule has 0 aliphatic heterocycles. The minimum atomic E-state index is -0.240. The molecule has 1 aromatic heterocycles. The molecule has 2 aromatic carbocycles. The molecule has 1 heterocycles. The maximum absolute atomic E-state index is 12.1. The number of benzene rings is 2. The van der Waals surface area contributed by atoms with Crippen LogP contribution in [0, 0.1) is 0 Å². The molecule has 0 atom stereocenters. The van der Waals surface area contributed by atoms with Crippen LogP contribution in [0.2, 0.25) is 0 Å². The Hall–Kier alpha value is -3.80. The quantitative estimate of drug-likeness (QED) is 0.478. The molecule has 2 N–H and O–H groups in total. The Morgan fingerprint density at radius 1 is 0.862 bits per heavy atom. The molecule has 0 unspecified atom stereocenters. The van der Waals surface area contributed by atoms with Crippen LogP contribution in [-0.2, 0) is 16.0 Å². The van der Waals surface area contributed by atoms with Crippen molar-refractivity contribution in [2.24, 2.45) is 5.10 Å². The molecule has 6 nitrogen and oxygen atoms in total. The van der Waals surface area contributed by atoms with Gasteiger partial charge in [0.15, 0.2) is 0 Å². The number of aromatic nitrogens is 1. The summed E-state index contributed by atoms with van der Waals surface area (Å²) in [6, 6.07) is 23.2. The first-order valence-corrected chi connectivity index (χ1v) is 9.27. The lowest BCUT2D eigenvalue weighted by Gasteiger charge is -2.06. The van der Waals surface area contributed by atoms with Crippen molar-refractivity contribution in [1.29, 1.82) is 0 Å². The topological polar surface area (TPSA) is 83.4 Å². The number of pyridine rings is 1. The van der Waals surface area contributed by atoms with E-state index in [1.165, 1.54) is 0 Å². The van der Waals surface area contributed by atoms with Crippen molar-refractivity contribution in [1.82, 2.24) is 10.4 Å². The molecular formula is C23H22N4O2. The molecule has 0 spiro atoms. The largest absolute Gasteiger partial charge is 0.310 e. The summed E-state index contributed by atoms with van der Waals surface area (Å²) in [5, 5.41) is 6.68. The molecule has 0 radical (unpaired) electrons. The molecule has 146 valence electrons. The maximum atomic E-state index is 12.1. The fourth-order valence-corrected chi connectivity index (χ4v) is 2.72. The van der Waals surface area contributed by atoms with Gasteiger partial charge in [0.05, 0.1) is 12.8 Å². The Kier molecular flexibility index (Phi) is 6.84. The van der Waals surface area contributed by atoms with Crippen LogP contribution in [0.4, 0.5) is 5.82 Å². The highest BCUT2D eigenvalue weighted by atomic mass is 16.2. The van der Waals surface area contributed by atoms with Crippen LogP contribution in [0.15, 0.2) is 84.1 Å². The smallest absolute Gasteiger partial charge is 0.244 e. The lowest BCUT2D eigenvalue weighted by Crippen LogP contribution is -2.23. The number of hydrogen-bond donors (Lipinski definition) is 2. The summed E-state index contributed by atoms with van der Waals surface area (Å²) in [6.07, 6.45) is 1.89. The third-order valence-electron chi connectivity index (χ3n) is 4.15. The zero-order valence-electron chi connectivity index (χ0n) is 16.1. The van der Waals surface area contributed by atoms with E-state index in [-0.39, 0.29) is 24.7 Å². The van der Waals surface area contributed by atoms with Crippen LogP contribution in [0.5, 0.6) is 0 Å². The van der Waals surface area contributed by atoms with Gasteiger partial charge in [0.1, 0.15) is 5.82 Å². The van der Waals surface area contributed by atoms with Crippen LogP contribution < -0.4 is 10.7 Å². The molecule has 0 aliphatic rings. The molecular weight excluding hydrogens is 364 g/mol. The van der Waals surface area contributed by atoms with Crippen molar-refractivity contribution >= 4 is 23.3 Å². The second-order valence-corrected chi connectivity index (χ2v) is 6.56. The Labute approximate surface area is 169 Å². The first-order valence-electron chi connectivity index (χ1n) is 9.27. The van der Waals surface area contributed by atoms with E-state index in [0.29, 0.717) is 11.5 Å². The van der Waals surface area contributed by atoms with Crippen LogP contribution >= 0.6 is 0 Å². The number of amides is 2. The van der Waals surface area contributed by atoms with Crippen molar-refractivity contribution in [3.63, 3.8) is 0 Å². The lowest BCUT2D eigenvalue weighted by molar-refractivity contribution is -0.120. The van der Waals surface area contributed by atoms with Gasteiger partial charge in [0, 0.05) is 11.9 Å². The molecule has 29 heavy (non-hydrogen) atoms. The SMILES string of the molecule is C/C(CC(=O)Nc1ccccn1)=N\NC(=O)Cc1ccc(-c2ccccc2)cc1. The second kappa shape index (κ2) is 9.94. The van der Waals surface area contributed by atoms with Gasteiger partial charge in [0.25, 0.3) is 0 Å². The molecule has 0 fully saturated rings. The van der Waals surface area contributed by atoms with Crippen molar-refractivity contribution in [3.8, 4) is 11.1 Å². The van der Waals surface area contributed by atoms with Gasteiger partial charge in [0.2, 0.25) is 11.8 Å². The van der Waals surface area contributed by atoms with Crippen molar-refractivity contribution < 1.29 is 9.59 Å². The first-order chi connectivity index (χ1) is 14.1. The number of carbonyl (C=O) groups excluding carboxylic acids is 2. The van der Waals surface area contributed by atoms with Gasteiger partial charge in [-0.2, -0.15) is 5.10 Å². The predicted molar refractivity (Wildman–Crippen MR) is 114 cm³/mol.